The lowest BCUT2D eigenvalue weighted by atomic mass is 9.96. The van der Waals surface area contributed by atoms with Gasteiger partial charge in [-0.3, -0.25) is 0 Å². The number of hydrogen-bond acceptors (Lipinski definition) is 3. The predicted octanol–water partition coefficient (Wildman–Crippen LogP) is 4.28. The Balaban J connectivity index is 2.08. The van der Waals surface area contributed by atoms with E-state index in [0.29, 0.717) is 24.3 Å². The molecule has 0 radical (unpaired) electrons. The first-order chi connectivity index (χ1) is 10.6. The lowest BCUT2D eigenvalue weighted by Gasteiger charge is -2.23. The van der Waals surface area contributed by atoms with Crippen LogP contribution in [0.2, 0.25) is 0 Å². The summed E-state index contributed by atoms with van der Waals surface area (Å²) >= 11 is 0. The van der Waals surface area contributed by atoms with Crippen LogP contribution in [0.4, 0.5) is 0 Å². The second-order valence-corrected chi connectivity index (χ2v) is 5.75. The zero-order valence-electron chi connectivity index (χ0n) is 13.5. The average Bonchev–Trinajstić information content (AvgIpc) is 2.51. The Hall–Kier alpha value is -2.00. The van der Waals surface area contributed by atoms with Gasteiger partial charge in [-0.15, -0.1) is 0 Å². The van der Waals surface area contributed by atoms with Gasteiger partial charge in [0.1, 0.15) is 0 Å². The number of phenolic OH excluding ortho intramolecular Hbond substituents is 1. The largest absolute Gasteiger partial charge is 0.504 e. The van der Waals surface area contributed by atoms with Crippen LogP contribution in [0.5, 0.6) is 11.5 Å². The summed E-state index contributed by atoms with van der Waals surface area (Å²) in [5.74, 6) is 1.22. The van der Waals surface area contributed by atoms with Gasteiger partial charge in [-0.25, -0.2) is 0 Å². The Morgan fingerprint density at radius 1 is 1.09 bits per heavy atom. The number of benzene rings is 2. The lowest BCUT2D eigenvalue weighted by Crippen LogP contribution is -2.25. The second kappa shape index (κ2) is 7.85. The highest BCUT2D eigenvalue weighted by Gasteiger charge is 2.15. The van der Waals surface area contributed by atoms with Crippen molar-refractivity contribution < 1.29 is 9.84 Å². The summed E-state index contributed by atoms with van der Waals surface area (Å²) in [5, 5.41) is 13.4. The molecule has 3 heteroatoms. The number of ether oxygens (including phenoxy) is 1. The molecule has 0 heterocycles. The van der Waals surface area contributed by atoms with E-state index < -0.39 is 0 Å². The van der Waals surface area contributed by atoms with E-state index in [1.54, 1.807) is 6.07 Å². The Morgan fingerprint density at radius 3 is 2.45 bits per heavy atom. The van der Waals surface area contributed by atoms with Crippen molar-refractivity contribution >= 4 is 0 Å². The minimum atomic E-state index is 0.189. The van der Waals surface area contributed by atoms with Crippen LogP contribution in [-0.2, 0) is 6.54 Å². The molecule has 0 saturated heterocycles. The molecule has 0 spiro atoms. The molecule has 2 aromatic rings. The topological polar surface area (TPSA) is 41.5 Å². The fraction of sp³-hybridized carbons (Fsp3) is 0.368. The number of nitrogens with one attached hydrogen (secondary N) is 1. The molecule has 22 heavy (non-hydrogen) atoms. The zero-order valence-corrected chi connectivity index (χ0v) is 13.5. The highest BCUT2D eigenvalue weighted by Crippen LogP contribution is 2.27. The highest BCUT2D eigenvalue weighted by atomic mass is 16.5. The quantitative estimate of drug-likeness (QED) is 0.802. The molecular weight excluding hydrogens is 274 g/mol. The maximum atomic E-state index is 9.76. The number of hydrogen-bond donors (Lipinski definition) is 2. The molecule has 0 fully saturated rings. The molecule has 2 aromatic carbocycles. The summed E-state index contributed by atoms with van der Waals surface area (Å²) in [5.41, 5.74) is 2.39. The third kappa shape index (κ3) is 4.25. The smallest absolute Gasteiger partial charge is 0.161 e. The van der Waals surface area contributed by atoms with E-state index in [9.17, 15) is 5.11 Å². The van der Waals surface area contributed by atoms with Crippen LogP contribution < -0.4 is 10.1 Å². The van der Waals surface area contributed by atoms with Crippen LogP contribution in [0, 0.1) is 5.92 Å². The molecular formula is C19H25NO2. The number of rotatable bonds is 7. The van der Waals surface area contributed by atoms with Crippen molar-refractivity contribution in [2.45, 2.75) is 33.4 Å². The molecule has 3 nitrogen and oxygen atoms in total. The van der Waals surface area contributed by atoms with E-state index in [1.165, 1.54) is 5.56 Å². The third-order valence-electron chi connectivity index (χ3n) is 3.68. The van der Waals surface area contributed by atoms with Gasteiger partial charge in [-0.2, -0.15) is 0 Å². The Labute approximate surface area is 133 Å². The molecule has 0 saturated carbocycles. The molecule has 0 aromatic heterocycles. The van der Waals surface area contributed by atoms with Gasteiger partial charge in [-0.1, -0.05) is 50.2 Å². The van der Waals surface area contributed by atoms with Gasteiger partial charge in [-0.05, 0) is 36.1 Å². The SMILES string of the molecule is CCOc1cc(CNC(c2ccccc2)C(C)C)ccc1O. The summed E-state index contributed by atoms with van der Waals surface area (Å²) < 4.78 is 5.44. The van der Waals surface area contributed by atoms with Crippen molar-refractivity contribution in [3.63, 3.8) is 0 Å². The lowest BCUT2D eigenvalue weighted by molar-refractivity contribution is 0.317. The Bertz CT molecular complexity index is 581. The van der Waals surface area contributed by atoms with Crippen molar-refractivity contribution in [3.05, 3.63) is 59.7 Å². The predicted molar refractivity (Wildman–Crippen MR) is 90.1 cm³/mol. The van der Waals surface area contributed by atoms with Crippen LogP contribution in [0.3, 0.4) is 0 Å². The monoisotopic (exact) mass is 299 g/mol. The molecule has 2 rings (SSSR count). The minimum absolute atomic E-state index is 0.189. The third-order valence-corrected chi connectivity index (χ3v) is 3.68. The summed E-state index contributed by atoms with van der Waals surface area (Å²) in [6.45, 7) is 7.62. The second-order valence-electron chi connectivity index (χ2n) is 5.75. The van der Waals surface area contributed by atoms with Gasteiger partial charge in [0.25, 0.3) is 0 Å². The summed E-state index contributed by atoms with van der Waals surface area (Å²) in [4.78, 5) is 0. The maximum absolute atomic E-state index is 9.76. The number of aromatic hydroxyl groups is 1. The van der Waals surface area contributed by atoms with E-state index in [2.05, 4.69) is 43.4 Å². The van der Waals surface area contributed by atoms with Crippen LogP contribution in [0.25, 0.3) is 0 Å². The summed E-state index contributed by atoms with van der Waals surface area (Å²) in [7, 11) is 0. The van der Waals surface area contributed by atoms with Crippen LogP contribution in [0.1, 0.15) is 37.9 Å². The van der Waals surface area contributed by atoms with Crippen LogP contribution in [0.15, 0.2) is 48.5 Å². The minimum Gasteiger partial charge on any atom is -0.504 e. The molecule has 0 aliphatic rings. The molecule has 1 atom stereocenters. The van der Waals surface area contributed by atoms with Crippen molar-refractivity contribution in [1.82, 2.24) is 5.32 Å². The van der Waals surface area contributed by atoms with Crippen molar-refractivity contribution in [1.29, 1.82) is 0 Å². The van der Waals surface area contributed by atoms with E-state index in [4.69, 9.17) is 4.74 Å². The van der Waals surface area contributed by atoms with Crippen LogP contribution in [-0.4, -0.2) is 11.7 Å². The fourth-order valence-electron chi connectivity index (χ4n) is 2.57. The first-order valence-corrected chi connectivity index (χ1v) is 7.84. The van der Waals surface area contributed by atoms with Gasteiger partial charge in [0, 0.05) is 12.6 Å². The molecule has 0 amide bonds. The molecule has 0 aliphatic carbocycles. The van der Waals surface area contributed by atoms with Gasteiger partial charge in [0.15, 0.2) is 11.5 Å². The first kappa shape index (κ1) is 16.4. The molecule has 118 valence electrons. The summed E-state index contributed by atoms with van der Waals surface area (Å²) in [6, 6.07) is 16.3. The summed E-state index contributed by atoms with van der Waals surface area (Å²) in [6.07, 6.45) is 0. The van der Waals surface area contributed by atoms with E-state index in [1.807, 2.05) is 25.1 Å². The van der Waals surface area contributed by atoms with Gasteiger partial charge in [0.05, 0.1) is 6.61 Å². The van der Waals surface area contributed by atoms with Gasteiger partial charge < -0.3 is 15.2 Å². The molecule has 2 N–H and O–H groups in total. The normalized spacial score (nSPS) is 12.4. The molecule has 0 aliphatic heterocycles. The first-order valence-electron chi connectivity index (χ1n) is 7.84. The number of phenols is 1. The Morgan fingerprint density at radius 2 is 1.82 bits per heavy atom. The molecule has 1 unspecified atom stereocenters. The van der Waals surface area contributed by atoms with Crippen molar-refractivity contribution in [3.8, 4) is 11.5 Å². The van der Waals surface area contributed by atoms with Gasteiger partial charge >= 0.3 is 0 Å². The zero-order chi connectivity index (χ0) is 15.9. The van der Waals surface area contributed by atoms with Gasteiger partial charge in [0.2, 0.25) is 0 Å². The average molecular weight is 299 g/mol. The Kier molecular flexibility index (Phi) is 5.84. The maximum Gasteiger partial charge on any atom is 0.161 e. The van der Waals surface area contributed by atoms with Crippen molar-refractivity contribution in [2.24, 2.45) is 5.92 Å². The highest BCUT2D eigenvalue weighted by molar-refractivity contribution is 5.41. The fourth-order valence-corrected chi connectivity index (χ4v) is 2.57. The van der Waals surface area contributed by atoms with E-state index >= 15 is 0 Å². The van der Waals surface area contributed by atoms with Crippen LogP contribution >= 0.6 is 0 Å². The van der Waals surface area contributed by atoms with Crippen molar-refractivity contribution in [2.75, 3.05) is 6.61 Å². The standard InChI is InChI=1S/C19H25NO2/c1-4-22-18-12-15(10-11-17(18)21)13-20-19(14(2)3)16-8-6-5-7-9-16/h5-12,14,19-21H,4,13H2,1-3H3. The van der Waals surface area contributed by atoms with E-state index in [-0.39, 0.29) is 5.75 Å². The molecule has 0 bridgehead atoms. The van der Waals surface area contributed by atoms with E-state index in [0.717, 1.165) is 12.1 Å².